The largest absolute Gasteiger partial charge is 0.497 e. The summed E-state index contributed by atoms with van der Waals surface area (Å²) >= 11 is 0. The predicted molar refractivity (Wildman–Crippen MR) is 102 cm³/mol. The van der Waals surface area contributed by atoms with E-state index in [1.54, 1.807) is 42.5 Å². The highest BCUT2D eigenvalue weighted by atomic mass is 32.2. The van der Waals surface area contributed by atoms with Crippen molar-refractivity contribution < 1.29 is 17.5 Å². The minimum Gasteiger partial charge on any atom is -0.497 e. The Balaban J connectivity index is 1.65. The van der Waals surface area contributed by atoms with Gasteiger partial charge in [-0.15, -0.1) is 0 Å². The van der Waals surface area contributed by atoms with Crippen LogP contribution in [-0.2, 0) is 16.6 Å². The molecule has 0 saturated carbocycles. The number of hydrogen-bond donors (Lipinski definition) is 2. The molecule has 2 N–H and O–H groups in total. The van der Waals surface area contributed by atoms with Crippen LogP contribution in [0.1, 0.15) is 5.56 Å². The second kappa shape index (κ2) is 8.05. The van der Waals surface area contributed by atoms with E-state index in [-0.39, 0.29) is 17.3 Å². The minimum atomic E-state index is -3.73. The minimum absolute atomic E-state index is 0.116. The normalized spacial score (nSPS) is 11.0. The summed E-state index contributed by atoms with van der Waals surface area (Å²) in [5.41, 5.74) is 0.839. The molecule has 1 heterocycles. The Kier molecular flexibility index (Phi) is 5.56. The molecule has 0 fully saturated rings. The molecule has 2 aromatic carbocycles. The summed E-state index contributed by atoms with van der Waals surface area (Å²) in [4.78, 5) is 4.26. The summed E-state index contributed by atoms with van der Waals surface area (Å²) in [5.74, 6) is 0.778. The van der Waals surface area contributed by atoms with Crippen LogP contribution in [0.4, 0.5) is 15.9 Å². The fraction of sp³-hybridized carbons (Fsp3) is 0.105. The van der Waals surface area contributed by atoms with Gasteiger partial charge < -0.3 is 10.1 Å². The standard InChI is InChI=1S/C19H18FN3O3S/c1-26-16-7-9-17(10-8-16)27(24,25)23-15-6-11-19(22-13-15)21-12-14-4-2-3-5-18(14)20/h2-11,13,23H,12H2,1H3,(H,21,22). The van der Waals surface area contributed by atoms with Crippen molar-refractivity contribution in [2.75, 3.05) is 17.1 Å². The smallest absolute Gasteiger partial charge is 0.261 e. The van der Waals surface area contributed by atoms with Crippen LogP contribution in [-0.4, -0.2) is 20.5 Å². The summed E-state index contributed by atoms with van der Waals surface area (Å²) in [6.45, 7) is 0.274. The lowest BCUT2D eigenvalue weighted by Gasteiger charge is -2.10. The first-order valence-corrected chi connectivity index (χ1v) is 9.56. The van der Waals surface area contributed by atoms with E-state index < -0.39 is 10.0 Å². The van der Waals surface area contributed by atoms with E-state index in [9.17, 15) is 12.8 Å². The fourth-order valence-electron chi connectivity index (χ4n) is 2.36. The van der Waals surface area contributed by atoms with Crippen molar-refractivity contribution in [1.82, 2.24) is 4.98 Å². The highest BCUT2D eigenvalue weighted by molar-refractivity contribution is 7.92. The van der Waals surface area contributed by atoms with Gasteiger partial charge >= 0.3 is 0 Å². The van der Waals surface area contributed by atoms with Crippen LogP contribution in [0.3, 0.4) is 0 Å². The number of aromatic nitrogens is 1. The summed E-state index contributed by atoms with van der Waals surface area (Å²) in [7, 11) is -2.22. The number of anilines is 2. The predicted octanol–water partition coefficient (Wildman–Crippen LogP) is 3.64. The third kappa shape index (κ3) is 4.73. The zero-order valence-corrected chi connectivity index (χ0v) is 15.3. The van der Waals surface area contributed by atoms with Crippen molar-refractivity contribution in [3.8, 4) is 5.75 Å². The van der Waals surface area contributed by atoms with E-state index >= 15 is 0 Å². The highest BCUT2D eigenvalue weighted by Gasteiger charge is 2.14. The van der Waals surface area contributed by atoms with E-state index in [0.29, 0.717) is 22.8 Å². The molecule has 0 saturated heterocycles. The third-order valence-electron chi connectivity index (χ3n) is 3.80. The maximum atomic E-state index is 13.6. The van der Waals surface area contributed by atoms with Gasteiger partial charge in [0, 0.05) is 12.1 Å². The summed E-state index contributed by atoms with van der Waals surface area (Å²) < 4.78 is 45.9. The zero-order valence-electron chi connectivity index (χ0n) is 14.5. The Morgan fingerprint density at radius 2 is 1.78 bits per heavy atom. The van der Waals surface area contributed by atoms with Gasteiger partial charge in [0.2, 0.25) is 0 Å². The number of pyridine rings is 1. The van der Waals surface area contributed by atoms with Crippen molar-refractivity contribution in [2.24, 2.45) is 0 Å². The molecule has 1 aromatic heterocycles. The van der Waals surface area contributed by atoms with Crippen LogP contribution in [0, 0.1) is 5.82 Å². The first kappa shape index (κ1) is 18.7. The number of halogens is 1. The average Bonchev–Trinajstić information content (AvgIpc) is 2.68. The monoisotopic (exact) mass is 387 g/mol. The quantitative estimate of drug-likeness (QED) is 0.647. The van der Waals surface area contributed by atoms with Gasteiger partial charge in [-0.25, -0.2) is 17.8 Å². The van der Waals surface area contributed by atoms with E-state index in [1.807, 2.05) is 0 Å². The topological polar surface area (TPSA) is 80.3 Å². The Labute approximate surface area is 157 Å². The number of rotatable bonds is 7. The molecular formula is C19H18FN3O3S. The lowest BCUT2D eigenvalue weighted by molar-refractivity contribution is 0.414. The van der Waals surface area contributed by atoms with Crippen LogP contribution in [0.25, 0.3) is 0 Å². The van der Waals surface area contributed by atoms with Gasteiger partial charge in [0.15, 0.2) is 0 Å². The second-order valence-electron chi connectivity index (χ2n) is 5.66. The van der Waals surface area contributed by atoms with Gasteiger partial charge in [-0.1, -0.05) is 18.2 Å². The number of sulfonamides is 1. The maximum absolute atomic E-state index is 13.6. The molecule has 0 atom stereocenters. The molecule has 0 spiro atoms. The summed E-state index contributed by atoms with van der Waals surface area (Å²) in [6, 6.07) is 15.7. The molecule has 6 nitrogen and oxygen atoms in total. The maximum Gasteiger partial charge on any atom is 0.261 e. The Morgan fingerprint density at radius 3 is 2.41 bits per heavy atom. The Hall–Kier alpha value is -3.13. The Bertz CT molecular complexity index is 1010. The average molecular weight is 387 g/mol. The molecule has 140 valence electrons. The van der Waals surface area contributed by atoms with Gasteiger partial charge in [-0.05, 0) is 42.5 Å². The summed E-state index contributed by atoms with van der Waals surface area (Å²) in [5, 5.41) is 2.99. The molecule has 0 aliphatic heterocycles. The molecule has 3 aromatic rings. The van der Waals surface area contributed by atoms with Crippen LogP contribution >= 0.6 is 0 Å². The molecule has 8 heteroatoms. The van der Waals surface area contributed by atoms with Gasteiger partial charge in [-0.3, -0.25) is 4.72 Å². The fourth-order valence-corrected chi connectivity index (χ4v) is 3.40. The number of nitrogens with one attached hydrogen (secondary N) is 2. The van der Waals surface area contributed by atoms with E-state index in [2.05, 4.69) is 15.0 Å². The molecule has 0 aliphatic carbocycles. The Morgan fingerprint density at radius 1 is 1.04 bits per heavy atom. The van der Waals surface area contributed by atoms with Gasteiger partial charge in [0.1, 0.15) is 17.4 Å². The first-order chi connectivity index (χ1) is 13.0. The molecule has 3 rings (SSSR count). The number of benzene rings is 2. The van der Waals surface area contributed by atoms with E-state index in [0.717, 1.165) is 0 Å². The van der Waals surface area contributed by atoms with Gasteiger partial charge in [-0.2, -0.15) is 0 Å². The van der Waals surface area contributed by atoms with Crippen molar-refractivity contribution in [2.45, 2.75) is 11.4 Å². The molecule has 0 radical (unpaired) electrons. The lowest BCUT2D eigenvalue weighted by Crippen LogP contribution is -2.13. The van der Waals surface area contributed by atoms with Crippen molar-refractivity contribution in [1.29, 1.82) is 0 Å². The molecule has 27 heavy (non-hydrogen) atoms. The second-order valence-corrected chi connectivity index (χ2v) is 7.34. The van der Waals surface area contributed by atoms with Crippen LogP contribution in [0.2, 0.25) is 0 Å². The first-order valence-electron chi connectivity index (χ1n) is 8.08. The van der Waals surface area contributed by atoms with Crippen molar-refractivity contribution >= 4 is 21.5 Å². The van der Waals surface area contributed by atoms with Gasteiger partial charge in [0.05, 0.1) is 23.9 Å². The molecule has 0 unspecified atom stereocenters. The zero-order chi connectivity index (χ0) is 19.3. The SMILES string of the molecule is COc1ccc(S(=O)(=O)Nc2ccc(NCc3ccccc3F)nc2)cc1. The van der Waals surface area contributed by atoms with Crippen molar-refractivity contribution in [3.05, 3.63) is 78.2 Å². The molecule has 0 bridgehead atoms. The number of ether oxygens (including phenoxy) is 1. The van der Waals surface area contributed by atoms with E-state index in [4.69, 9.17) is 4.74 Å². The highest BCUT2D eigenvalue weighted by Crippen LogP contribution is 2.19. The van der Waals surface area contributed by atoms with Crippen LogP contribution in [0.5, 0.6) is 5.75 Å². The third-order valence-corrected chi connectivity index (χ3v) is 5.20. The molecular weight excluding hydrogens is 369 g/mol. The van der Waals surface area contributed by atoms with Gasteiger partial charge in [0.25, 0.3) is 10.0 Å². The van der Waals surface area contributed by atoms with Crippen LogP contribution < -0.4 is 14.8 Å². The lowest BCUT2D eigenvalue weighted by atomic mass is 10.2. The summed E-state index contributed by atoms with van der Waals surface area (Å²) in [6.07, 6.45) is 1.39. The number of hydrogen-bond acceptors (Lipinski definition) is 5. The van der Waals surface area contributed by atoms with E-state index in [1.165, 1.54) is 31.5 Å². The number of nitrogens with zero attached hydrogens (tertiary/aromatic N) is 1. The number of methoxy groups -OCH3 is 1. The van der Waals surface area contributed by atoms with Crippen LogP contribution in [0.15, 0.2) is 71.8 Å². The molecule has 0 aliphatic rings. The van der Waals surface area contributed by atoms with Crippen molar-refractivity contribution in [3.63, 3.8) is 0 Å². The molecule has 0 amide bonds.